The monoisotopic (exact) mass is 228 g/mol. The minimum absolute atomic E-state index is 0.119. The highest BCUT2D eigenvalue weighted by Gasteiger charge is 2.25. The van der Waals surface area contributed by atoms with Crippen LogP contribution in [0.5, 0.6) is 0 Å². The number of aliphatic hydroxyl groups excluding tert-OH is 1. The zero-order valence-electron chi connectivity index (χ0n) is 10.4. The van der Waals surface area contributed by atoms with E-state index in [4.69, 9.17) is 0 Å². The maximum atomic E-state index is 11.4. The molecule has 4 nitrogen and oxygen atoms in total. The Kier molecular flexibility index (Phi) is 5.22. The molecular formula is C12H24N2O2. The summed E-state index contributed by atoms with van der Waals surface area (Å²) in [5, 5.41) is 15.6. The van der Waals surface area contributed by atoms with Crippen LogP contribution in [0, 0.1) is 0 Å². The third-order valence-corrected chi connectivity index (χ3v) is 3.45. The zero-order chi connectivity index (χ0) is 12.0. The fraction of sp³-hybridized carbons (Fsp3) is 0.917. The van der Waals surface area contributed by atoms with Crippen LogP contribution in [0.2, 0.25) is 0 Å². The van der Waals surface area contributed by atoms with Gasteiger partial charge in [-0.25, -0.2) is 0 Å². The Morgan fingerprint density at radius 2 is 2.00 bits per heavy atom. The summed E-state index contributed by atoms with van der Waals surface area (Å²) in [5.74, 6) is 0.119. The summed E-state index contributed by atoms with van der Waals surface area (Å²) in [6, 6.07) is 0.437. The third-order valence-electron chi connectivity index (χ3n) is 3.45. The second-order valence-corrected chi connectivity index (χ2v) is 4.66. The molecule has 1 rings (SSSR count). The van der Waals surface area contributed by atoms with E-state index >= 15 is 0 Å². The van der Waals surface area contributed by atoms with E-state index in [9.17, 15) is 9.90 Å². The number of hydrogen-bond donors (Lipinski definition) is 3. The highest BCUT2D eigenvalue weighted by atomic mass is 16.3. The van der Waals surface area contributed by atoms with E-state index in [1.54, 1.807) is 0 Å². The van der Waals surface area contributed by atoms with E-state index < -0.39 is 0 Å². The van der Waals surface area contributed by atoms with Gasteiger partial charge < -0.3 is 15.7 Å². The Morgan fingerprint density at radius 3 is 2.44 bits per heavy atom. The van der Waals surface area contributed by atoms with Crippen molar-refractivity contribution >= 4 is 5.91 Å². The summed E-state index contributed by atoms with van der Waals surface area (Å²) >= 11 is 0. The molecule has 16 heavy (non-hydrogen) atoms. The first-order chi connectivity index (χ1) is 7.65. The lowest BCUT2D eigenvalue weighted by Gasteiger charge is -2.30. The molecule has 0 aromatic heterocycles. The van der Waals surface area contributed by atoms with Crippen molar-refractivity contribution in [3.8, 4) is 0 Å². The highest BCUT2D eigenvalue weighted by Crippen LogP contribution is 2.18. The molecular weight excluding hydrogens is 204 g/mol. The largest absolute Gasteiger partial charge is 0.394 e. The molecule has 1 fully saturated rings. The van der Waals surface area contributed by atoms with E-state index in [1.165, 1.54) is 0 Å². The van der Waals surface area contributed by atoms with Crippen molar-refractivity contribution in [2.24, 2.45) is 0 Å². The van der Waals surface area contributed by atoms with Crippen molar-refractivity contribution in [1.29, 1.82) is 0 Å². The van der Waals surface area contributed by atoms with Gasteiger partial charge in [0.2, 0.25) is 5.91 Å². The molecule has 1 amide bonds. The summed E-state index contributed by atoms with van der Waals surface area (Å²) in [7, 11) is 0. The molecule has 0 saturated heterocycles. The van der Waals surface area contributed by atoms with E-state index in [-0.39, 0.29) is 18.1 Å². The Morgan fingerprint density at radius 1 is 1.38 bits per heavy atom. The van der Waals surface area contributed by atoms with E-state index in [1.807, 2.05) is 0 Å². The Hall–Kier alpha value is -0.610. The standard InChI is InChI=1S/C12H24N2O2/c1-3-12(4-2,9-15)13-8-7-11(16)14-10-5-6-10/h10,13,15H,3-9H2,1-2H3,(H,14,16). The Balaban J connectivity index is 2.18. The average Bonchev–Trinajstić information content (AvgIpc) is 3.09. The van der Waals surface area contributed by atoms with Crippen molar-refractivity contribution in [2.75, 3.05) is 13.2 Å². The van der Waals surface area contributed by atoms with Gasteiger partial charge in [0.25, 0.3) is 0 Å². The molecule has 0 spiro atoms. The molecule has 0 aromatic rings. The van der Waals surface area contributed by atoms with Gasteiger partial charge in [0.15, 0.2) is 0 Å². The minimum atomic E-state index is -0.208. The van der Waals surface area contributed by atoms with Gasteiger partial charge in [-0.05, 0) is 25.7 Å². The third kappa shape index (κ3) is 4.10. The van der Waals surface area contributed by atoms with Gasteiger partial charge in [-0.1, -0.05) is 13.8 Å². The van der Waals surface area contributed by atoms with Crippen LogP contribution in [-0.4, -0.2) is 35.7 Å². The van der Waals surface area contributed by atoms with Gasteiger partial charge in [0.1, 0.15) is 0 Å². The van der Waals surface area contributed by atoms with E-state index in [0.29, 0.717) is 19.0 Å². The van der Waals surface area contributed by atoms with Crippen molar-refractivity contribution < 1.29 is 9.90 Å². The summed E-state index contributed by atoms with van der Waals surface area (Å²) < 4.78 is 0. The molecule has 0 radical (unpaired) electrons. The minimum Gasteiger partial charge on any atom is -0.394 e. The second kappa shape index (κ2) is 6.21. The fourth-order valence-electron chi connectivity index (χ4n) is 1.75. The van der Waals surface area contributed by atoms with Gasteiger partial charge in [-0.3, -0.25) is 4.79 Å². The Bertz CT molecular complexity index is 215. The molecule has 0 aliphatic heterocycles. The summed E-state index contributed by atoms with van der Waals surface area (Å²) in [6.45, 7) is 4.87. The predicted molar refractivity (Wildman–Crippen MR) is 64.2 cm³/mol. The number of aliphatic hydroxyl groups is 1. The van der Waals surface area contributed by atoms with E-state index in [0.717, 1.165) is 25.7 Å². The first-order valence-corrected chi connectivity index (χ1v) is 6.31. The van der Waals surface area contributed by atoms with E-state index in [2.05, 4.69) is 24.5 Å². The molecule has 0 heterocycles. The van der Waals surface area contributed by atoms with Crippen LogP contribution >= 0.6 is 0 Å². The summed E-state index contributed by atoms with van der Waals surface area (Å²) in [5.41, 5.74) is -0.208. The van der Waals surface area contributed by atoms with Gasteiger partial charge >= 0.3 is 0 Å². The lowest BCUT2D eigenvalue weighted by molar-refractivity contribution is -0.121. The molecule has 0 bridgehead atoms. The Labute approximate surface area is 97.8 Å². The lowest BCUT2D eigenvalue weighted by atomic mass is 9.94. The summed E-state index contributed by atoms with van der Waals surface area (Å²) in [4.78, 5) is 11.4. The SMILES string of the molecule is CCC(CC)(CO)NCCC(=O)NC1CC1. The maximum absolute atomic E-state index is 11.4. The van der Waals surface area contributed by atoms with Crippen molar-refractivity contribution in [3.05, 3.63) is 0 Å². The molecule has 1 saturated carbocycles. The molecule has 3 N–H and O–H groups in total. The topological polar surface area (TPSA) is 61.4 Å². The molecule has 1 aliphatic carbocycles. The number of rotatable bonds is 8. The van der Waals surface area contributed by atoms with Crippen LogP contribution < -0.4 is 10.6 Å². The first-order valence-electron chi connectivity index (χ1n) is 6.31. The fourth-order valence-corrected chi connectivity index (χ4v) is 1.75. The number of hydrogen-bond acceptors (Lipinski definition) is 3. The first kappa shape index (κ1) is 13.5. The number of nitrogens with one attached hydrogen (secondary N) is 2. The highest BCUT2D eigenvalue weighted by molar-refractivity contribution is 5.76. The van der Waals surface area contributed by atoms with Gasteiger partial charge in [-0.15, -0.1) is 0 Å². The van der Waals surface area contributed by atoms with Crippen LogP contribution in [0.25, 0.3) is 0 Å². The molecule has 94 valence electrons. The van der Waals surface area contributed by atoms with Crippen molar-refractivity contribution in [3.63, 3.8) is 0 Å². The molecule has 0 unspecified atom stereocenters. The number of carbonyl (C=O) groups is 1. The molecule has 0 atom stereocenters. The van der Waals surface area contributed by atoms with Gasteiger partial charge in [0, 0.05) is 24.5 Å². The zero-order valence-corrected chi connectivity index (χ0v) is 10.4. The smallest absolute Gasteiger partial charge is 0.221 e. The molecule has 0 aromatic carbocycles. The summed E-state index contributed by atoms with van der Waals surface area (Å²) in [6.07, 6.45) is 4.51. The quantitative estimate of drug-likeness (QED) is 0.576. The number of carbonyl (C=O) groups excluding carboxylic acids is 1. The van der Waals surface area contributed by atoms with Crippen LogP contribution in [0.15, 0.2) is 0 Å². The maximum Gasteiger partial charge on any atom is 0.221 e. The van der Waals surface area contributed by atoms with Crippen molar-refractivity contribution in [1.82, 2.24) is 10.6 Å². The number of amides is 1. The van der Waals surface area contributed by atoms with Crippen LogP contribution in [0.4, 0.5) is 0 Å². The van der Waals surface area contributed by atoms with Crippen LogP contribution in [-0.2, 0) is 4.79 Å². The van der Waals surface area contributed by atoms with Crippen LogP contribution in [0.1, 0.15) is 46.0 Å². The van der Waals surface area contributed by atoms with Gasteiger partial charge in [0.05, 0.1) is 6.61 Å². The predicted octanol–water partition coefficient (Wildman–Crippen LogP) is 0.796. The second-order valence-electron chi connectivity index (χ2n) is 4.66. The normalized spacial score (nSPS) is 16.2. The average molecular weight is 228 g/mol. The van der Waals surface area contributed by atoms with Crippen molar-refractivity contribution in [2.45, 2.75) is 57.5 Å². The molecule has 1 aliphatic rings. The lowest BCUT2D eigenvalue weighted by Crippen LogP contribution is -2.48. The van der Waals surface area contributed by atoms with Gasteiger partial charge in [-0.2, -0.15) is 0 Å². The molecule has 4 heteroatoms. The van der Waals surface area contributed by atoms with Crippen LogP contribution in [0.3, 0.4) is 0 Å².